The van der Waals surface area contributed by atoms with E-state index < -0.39 is 21.7 Å². The average Bonchev–Trinajstić information content (AvgIpc) is 2.47. The fraction of sp³-hybridized carbons (Fsp3) is 0.118. The Bertz CT molecular complexity index is 786. The molecule has 1 radical (unpaired) electrons. The van der Waals surface area contributed by atoms with Gasteiger partial charge in [0.05, 0.1) is 0 Å². The predicted molar refractivity (Wildman–Crippen MR) is 84.4 cm³/mol. The first-order valence-electron chi connectivity index (χ1n) is 6.50. The topological polar surface area (TPSA) is 67.3 Å². The van der Waals surface area contributed by atoms with Gasteiger partial charge in [-0.1, -0.05) is 0 Å². The summed E-state index contributed by atoms with van der Waals surface area (Å²) >= 11 is -0.534. The van der Waals surface area contributed by atoms with Crippen LogP contribution in [-0.2, 0) is 4.79 Å². The third kappa shape index (κ3) is 4.31. The van der Waals surface area contributed by atoms with E-state index in [0.29, 0.717) is 5.56 Å². The molecule has 0 fully saturated rings. The Hall–Kier alpha value is -2.37. The van der Waals surface area contributed by atoms with Crippen LogP contribution in [0.25, 0.3) is 0 Å². The van der Waals surface area contributed by atoms with Crippen molar-refractivity contribution in [2.75, 3.05) is 0 Å². The molecule has 0 unspecified atom stereocenters. The Balaban J connectivity index is 2.24. The van der Waals surface area contributed by atoms with Gasteiger partial charge >= 0.3 is 135 Å². The number of carboxylic acid groups (broad SMARTS) is 1. The summed E-state index contributed by atoms with van der Waals surface area (Å²) in [5, 5.41) is 9.00. The Labute approximate surface area is 135 Å². The zero-order valence-corrected chi connectivity index (χ0v) is 14.0. The average molecular weight is 354 g/mol. The van der Waals surface area contributed by atoms with Crippen LogP contribution in [0.5, 0.6) is 0 Å². The molecule has 1 N–H and O–H groups in total. The van der Waals surface area contributed by atoms with Crippen molar-refractivity contribution in [3.8, 4) is 11.8 Å². The molecule has 0 amide bonds. The van der Waals surface area contributed by atoms with Gasteiger partial charge in [-0.05, 0) is 0 Å². The van der Waals surface area contributed by atoms with Crippen LogP contribution < -0.4 is 4.48 Å². The number of carbonyl (C=O) groups excluding carboxylic acids is 1. The van der Waals surface area contributed by atoms with Gasteiger partial charge in [-0.3, -0.25) is 0 Å². The molecule has 1 heterocycles. The molecular formula is C17H13AsNO3. The summed E-state index contributed by atoms with van der Waals surface area (Å²) in [7, 11) is 0. The van der Waals surface area contributed by atoms with E-state index in [4.69, 9.17) is 5.11 Å². The first-order valence-corrected chi connectivity index (χ1v) is 8.37. The first kappa shape index (κ1) is 16.0. The molecule has 0 aliphatic heterocycles. The van der Waals surface area contributed by atoms with E-state index in [0.717, 1.165) is 15.6 Å². The number of aryl methyl sites for hydroxylation is 1. The maximum absolute atomic E-state index is 11.1. The molecule has 2 rings (SSSR count). The minimum atomic E-state index is -0.971. The van der Waals surface area contributed by atoms with Gasteiger partial charge in [-0.25, -0.2) is 0 Å². The normalized spacial score (nSPS) is 10.3. The molecule has 0 saturated carbocycles. The maximum atomic E-state index is 11.1. The summed E-state index contributed by atoms with van der Waals surface area (Å²) < 4.78 is 0.960. The summed E-state index contributed by atoms with van der Waals surface area (Å²) in [4.78, 5) is 26.3. The van der Waals surface area contributed by atoms with Crippen LogP contribution in [-0.4, -0.2) is 36.4 Å². The van der Waals surface area contributed by atoms with Crippen LogP contribution in [0.4, 0.5) is 0 Å². The molecule has 1 aromatic carbocycles. The molecule has 1 aromatic heterocycles. The monoisotopic (exact) mass is 354 g/mol. The molecule has 2 aromatic rings. The van der Waals surface area contributed by atoms with Crippen LogP contribution in [0.1, 0.15) is 34.0 Å². The van der Waals surface area contributed by atoms with Crippen LogP contribution in [0.3, 0.4) is 0 Å². The molecule has 0 saturated heterocycles. The number of pyridine rings is 1. The standard InChI is InChI=1S/C17H13AsNO3/c1-11-3-6-15(17(21)22)9-14(11)7-4-13-5-8-16(19-10-13)18-12(2)20/h3,5-6,8-10H,1-2H3,(H,21,22). The van der Waals surface area contributed by atoms with Crippen molar-refractivity contribution in [3.63, 3.8) is 0 Å². The first-order chi connectivity index (χ1) is 10.5. The molecule has 22 heavy (non-hydrogen) atoms. The van der Waals surface area contributed by atoms with Crippen LogP contribution in [0.15, 0.2) is 36.5 Å². The molecular weight excluding hydrogens is 341 g/mol. The van der Waals surface area contributed by atoms with Gasteiger partial charge in [-0.15, -0.1) is 0 Å². The molecule has 0 bridgehead atoms. The Morgan fingerprint density at radius 1 is 1.18 bits per heavy atom. The summed E-state index contributed by atoms with van der Waals surface area (Å²) in [5.74, 6) is 4.97. The second-order valence-electron chi connectivity index (χ2n) is 4.62. The Morgan fingerprint density at radius 2 is 1.95 bits per heavy atom. The number of nitrogens with zero attached hydrogens (tertiary/aromatic N) is 1. The van der Waals surface area contributed by atoms with Crippen molar-refractivity contribution < 1.29 is 14.7 Å². The quantitative estimate of drug-likeness (QED) is 0.668. The third-order valence-corrected chi connectivity index (χ3v) is 4.54. The predicted octanol–water partition coefficient (Wildman–Crippen LogP) is 1.36. The number of rotatable bonds is 3. The van der Waals surface area contributed by atoms with E-state index in [-0.39, 0.29) is 10.1 Å². The Morgan fingerprint density at radius 3 is 2.55 bits per heavy atom. The number of carboxylic acids is 1. The van der Waals surface area contributed by atoms with Crippen LogP contribution in [0, 0.1) is 18.8 Å². The fourth-order valence-electron chi connectivity index (χ4n) is 1.72. The summed E-state index contributed by atoms with van der Waals surface area (Å²) in [6.45, 7) is 3.45. The Kier molecular flexibility index (Phi) is 5.14. The molecule has 0 spiro atoms. The minimum absolute atomic E-state index is 0.156. The third-order valence-electron chi connectivity index (χ3n) is 2.85. The molecule has 0 aliphatic rings. The summed E-state index contributed by atoms with van der Waals surface area (Å²) in [6.07, 6.45) is 1.64. The number of benzene rings is 1. The molecule has 0 atom stereocenters. The van der Waals surface area contributed by atoms with Crippen molar-refractivity contribution in [1.29, 1.82) is 0 Å². The molecule has 0 aliphatic carbocycles. The molecule has 4 nitrogen and oxygen atoms in total. The number of aromatic nitrogens is 1. The fourth-order valence-corrected chi connectivity index (χ4v) is 2.95. The zero-order chi connectivity index (χ0) is 16.1. The van der Waals surface area contributed by atoms with Crippen LogP contribution >= 0.6 is 0 Å². The second kappa shape index (κ2) is 7.06. The van der Waals surface area contributed by atoms with Gasteiger partial charge in [0, 0.05) is 0 Å². The second-order valence-corrected chi connectivity index (χ2v) is 7.37. The van der Waals surface area contributed by atoms with E-state index in [2.05, 4.69) is 16.8 Å². The van der Waals surface area contributed by atoms with Gasteiger partial charge in [-0.2, -0.15) is 0 Å². The van der Waals surface area contributed by atoms with Gasteiger partial charge in [0.25, 0.3) is 0 Å². The number of aromatic carboxylic acids is 1. The van der Waals surface area contributed by atoms with Gasteiger partial charge in [0.15, 0.2) is 0 Å². The van der Waals surface area contributed by atoms with Crippen molar-refractivity contribution in [2.24, 2.45) is 0 Å². The molecule has 5 heteroatoms. The van der Waals surface area contributed by atoms with Crippen molar-refractivity contribution in [2.45, 2.75) is 13.8 Å². The SMILES string of the molecule is CC(=O)[As]c1ccc(C#Cc2cc(C(=O)O)ccc2C)cn1. The zero-order valence-electron chi connectivity index (χ0n) is 12.1. The van der Waals surface area contributed by atoms with E-state index >= 15 is 0 Å². The van der Waals surface area contributed by atoms with Crippen LogP contribution in [0.2, 0.25) is 0 Å². The van der Waals surface area contributed by atoms with E-state index in [9.17, 15) is 9.59 Å². The van der Waals surface area contributed by atoms with Crippen molar-refractivity contribution in [3.05, 3.63) is 58.8 Å². The van der Waals surface area contributed by atoms with E-state index in [1.807, 2.05) is 19.1 Å². The number of hydrogen-bond donors (Lipinski definition) is 1. The van der Waals surface area contributed by atoms with Crippen molar-refractivity contribution >= 4 is 30.8 Å². The van der Waals surface area contributed by atoms with Gasteiger partial charge in [0.2, 0.25) is 0 Å². The molecule has 109 valence electrons. The van der Waals surface area contributed by atoms with Gasteiger partial charge in [0.1, 0.15) is 0 Å². The summed E-state index contributed by atoms with van der Waals surface area (Å²) in [5.41, 5.74) is 2.55. The van der Waals surface area contributed by atoms with Crippen molar-refractivity contribution in [1.82, 2.24) is 4.98 Å². The number of hydrogen-bond acceptors (Lipinski definition) is 3. The van der Waals surface area contributed by atoms with E-state index in [1.54, 1.807) is 31.3 Å². The van der Waals surface area contributed by atoms with Gasteiger partial charge < -0.3 is 0 Å². The summed E-state index contributed by atoms with van der Waals surface area (Å²) in [6, 6.07) is 8.50. The number of carbonyl (C=O) groups is 2. The van der Waals surface area contributed by atoms with E-state index in [1.165, 1.54) is 0 Å².